The van der Waals surface area contributed by atoms with Gasteiger partial charge >= 0.3 is 0 Å². The van der Waals surface area contributed by atoms with E-state index >= 15 is 0 Å². The summed E-state index contributed by atoms with van der Waals surface area (Å²) in [5, 5.41) is 20.7. The molecule has 0 fully saturated rings. The molecule has 0 aliphatic carbocycles. The summed E-state index contributed by atoms with van der Waals surface area (Å²) in [4.78, 5) is 19.4. The Kier molecular flexibility index (Phi) is 5.27. The standard InChI is InChI=1S/C27H24N6O2/c34-17-22-16-32-25-23(26(35)30-27(32)29-22)24(28-21-9-5-2-6-10-21)33(31-25)15-18-11-13-20(14-12-18)19-7-3-1-4-8-19/h1-14,22,28,34H,15-17H2,(H,29,30,35)/t22-/m0/s1. The van der Waals surface area contributed by atoms with Crippen molar-refractivity contribution in [3.8, 4) is 11.1 Å². The number of rotatable bonds is 6. The van der Waals surface area contributed by atoms with E-state index in [4.69, 9.17) is 5.10 Å². The first kappa shape index (κ1) is 21.1. The van der Waals surface area contributed by atoms with E-state index in [9.17, 15) is 9.90 Å². The highest BCUT2D eigenvalue weighted by molar-refractivity contribution is 6.21. The molecule has 35 heavy (non-hydrogen) atoms. The van der Waals surface area contributed by atoms with Gasteiger partial charge in [-0.2, -0.15) is 5.10 Å². The number of aromatic nitrogens is 2. The van der Waals surface area contributed by atoms with E-state index in [1.807, 2.05) is 58.1 Å². The third kappa shape index (κ3) is 3.94. The van der Waals surface area contributed by atoms with Crippen LogP contribution in [0.2, 0.25) is 0 Å². The molecule has 3 heterocycles. The third-order valence-corrected chi connectivity index (χ3v) is 6.24. The SMILES string of the molecule is O=C1NC2=N[C@H](CO)CN2c2nn(Cc3ccc(-c4ccccc4)cc3)c(Nc3ccccc3)c21. The molecule has 174 valence electrons. The van der Waals surface area contributed by atoms with Gasteiger partial charge in [0.05, 0.1) is 25.7 Å². The number of nitrogens with zero attached hydrogens (tertiary/aromatic N) is 4. The monoisotopic (exact) mass is 464 g/mol. The zero-order chi connectivity index (χ0) is 23.8. The molecule has 2 aliphatic rings. The summed E-state index contributed by atoms with van der Waals surface area (Å²) < 4.78 is 1.82. The number of aliphatic hydroxyl groups excluding tert-OH is 1. The molecular formula is C27H24N6O2. The number of carbonyl (C=O) groups excluding carboxylic acids is 1. The molecule has 1 amide bonds. The Bertz CT molecular complexity index is 1400. The Hall–Kier alpha value is -4.43. The van der Waals surface area contributed by atoms with E-state index in [-0.39, 0.29) is 18.6 Å². The smallest absolute Gasteiger partial charge is 0.265 e. The van der Waals surface area contributed by atoms with E-state index in [0.29, 0.717) is 36.2 Å². The zero-order valence-electron chi connectivity index (χ0n) is 18.9. The summed E-state index contributed by atoms with van der Waals surface area (Å²) in [5.41, 5.74) is 4.69. The minimum Gasteiger partial charge on any atom is -0.394 e. The third-order valence-electron chi connectivity index (χ3n) is 6.24. The summed E-state index contributed by atoms with van der Waals surface area (Å²) in [5.74, 6) is 1.33. The van der Waals surface area contributed by atoms with Gasteiger partial charge < -0.3 is 10.4 Å². The van der Waals surface area contributed by atoms with Crippen LogP contribution in [-0.2, 0) is 6.54 Å². The lowest BCUT2D eigenvalue weighted by Crippen LogP contribution is -2.47. The van der Waals surface area contributed by atoms with Gasteiger partial charge in [-0.05, 0) is 28.8 Å². The molecule has 8 heteroatoms. The molecule has 0 unspecified atom stereocenters. The van der Waals surface area contributed by atoms with Crippen molar-refractivity contribution < 1.29 is 9.90 Å². The van der Waals surface area contributed by atoms with E-state index in [1.54, 1.807) is 0 Å². The van der Waals surface area contributed by atoms with Crippen molar-refractivity contribution in [2.24, 2.45) is 4.99 Å². The molecule has 0 saturated heterocycles. The van der Waals surface area contributed by atoms with Crippen molar-refractivity contribution in [1.29, 1.82) is 0 Å². The fraction of sp³-hybridized carbons (Fsp3) is 0.148. The molecule has 8 nitrogen and oxygen atoms in total. The van der Waals surface area contributed by atoms with Gasteiger partial charge in [-0.25, -0.2) is 9.67 Å². The maximum absolute atomic E-state index is 13.1. The lowest BCUT2D eigenvalue weighted by atomic mass is 10.0. The lowest BCUT2D eigenvalue weighted by molar-refractivity contribution is 0.0975. The second-order valence-electron chi connectivity index (χ2n) is 8.61. The van der Waals surface area contributed by atoms with Gasteiger partial charge in [0.25, 0.3) is 5.91 Å². The van der Waals surface area contributed by atoms with Crippen molar-refractivity contribution in [3.63, 3.8) is 0 Å². The van der Waals surface area contributed by atoms with Crippen LogP contribution in [0.1, 0.15) is 15.9 Å². The highest BCUT2D eigenvalue weighted by atomic mass is 16.3. The number of carbonyl (C=O) groups is 1. The lowest BCUT2D eigenvalue weighted by Gasteiger charge is -2.24. The number of para-hydroxylation sites is 1. The number of aliphatic hydroxyl groups is 1. The molecule has 0 spiro atoms. The van der Waals surface area contributed by atoms with Gasteiger partial charge in [-0.1, -0.05) is 72.8 Å². The van der Waals surface area contributed by atoms with Crippen LogP contribution < -0.4 is 15.5 Å². The number of anilines is 3. The van der Waals surface area contributed by atoms with Crippen LogP contribution >= 0.6 is 0 Å². The number of hydrogen-bond donors (Lipinski definition) is 3. The van der Waals surface area contributed by atoms with Crippen LogP contribution in [0, 0.1) is 0 Å². The summed E-state index contributed by atoms with van der Waals surface area (Å²) >= 11 is 0. The summed E-state index contributed by atoms with van der Waals surface area (Å²) in [6, 6.07) is 28.0. The van der Waals surface area contributed by atoms with Crippen molar-refractivity contribution in [3.05, 3.63) is 96.1 Å². The van der Waals surface area contributed by atoms with Crippen molar-refractivity contribution >= 4 is 29.2 Å². The van der Waals surface area contributed by atoms with Gasteiger partial charge in [-0.15, -0.1) is 0 Å². The zero-order valence-corrected chi connectivity index (χ0v) is 18.9. The van der Waals surface area contributed by atoms with Crippen LogP contribution in [0.3, 0.4) is 0 Å². The fourth-order valence-corrected chi connectivity index (χ4v) is 4.48. The molecule has 1 aromatic heterocycles. The summed E-state index contributed by atoms with van der Waals surface area (Å²) in [6.45, 7) is 0.857. The van der Waals surface area contributed by atoms with Crippen LogP contribution in [0.15, 0.2) is 89.9 Å². The minimum atomic E-state index is -0.294. The van der Waals surface area contributed by atoms with E-state index in [2.05, 4.69) is 52.0 Å². The predicted molar refractivity (Wildman–Crippen MR) is 136 cm³/mol. The first-order valence-corrected chi connectivity index (χ1v) is 11.5. The average Bonchev–Trinajstić information content (AvgIpc) is 3.47. The second kappa shape index (κ2) is 8.73. The van der Waals surface area contributed by atoms with Crippen molar-refractivity contribution in [2.45, 2.75) is 12.6 Å². The molecule has 1 atom stereocenters. The number of hydrogen-bond acceptors (Lipinski definition) is 6. The number of benzene rings is 3. The van der Waals surface area contributed by atoms with Gasteiger partial charge in [-0.3, -0.25) is 15.0 Å². The number of guanidine groups is 1. The molecule has 0 radical (unpaired) electrons. The largest absolute Gasteiger partial charge is 0.394 e. The Morgan fingerprint density at radius 2 is 1.63 bits per heavy atom. The topological polar surface area (TPSA) is 94.8 Å². The Morgan fingerprint density at radius 3 is 2.34 bits per heavy atom. The first-order valence-electron chi connectivity index (χ1n) is 11.5. The first-order chi connectivity index (χ1) is 17.2. The average molecular weight is 465 g/mol. The summed E-state index contributed by atoms with van der Waals surface area (Å²) in [7, 11) is 0. The molecule has 0 saturated carbocycles. The van der Waals surface area contributed by atoms with Crippen LogP contribution in [0.4, 0.5) is 17.3 Å². The maximum atomic E-state index is 13.1. The molecule has 4 aromatic rings. The van der Waals surface area contributed by atoms with Crippen LogP contribution in [0.25, 0.3) is 11.1 Å². The Labute approximate surface area is 202 Å². The van der Waals surface area contributed by atoms with Gasteiger partial charge in [0.1, 0.15) is 11.4 Å². The highest BCUT2D eigenvalue weighted by Crippen LogP contribution is 2.34. The number of fused-ring (bicyclic) bond motifs is 3. The van der Waals surface area contributed by atoms with Crippen molar-refractivity contribution in [2.75, 3.05) is 23.4 Å². The Balaban J connectivity index is 1.38. The minimum absolute atomic E-state index is 0.0885. The van der Waals surface area contributed by atoms with E-state index in [0.717, 1.165) is 22.4 Å². The molecule has 2 aliphatic heterocycles. The van der Waals surface area contributed by atoms with E-state index in [1.165, 1.54) is 0 Å². The van der Waals surface area contributed by atoms with Crippen LogP contribution in [0.5, 0.6) is 0 Å². The van der Waals surface area contributed by atoms with Crippen molar-refractivity contribution in [1.82, 2.24) is 15.1 Å². The maximum Gasteiger partial charge on any atom is 0.265 e. The molecule has 6 rings (SSSR count). The normalized spacial score (nSPS) is 16.4. The molecule has 0 bridgehead atoms. The van der Waals surface area contributed by atoms with Gasteiger partial charge in [0.2, 0.25) is 5.96 Å². The Morgan fingerprint density at radius 1 is 0.943 bits per heavy atom. The number of amides is 1. The fourth-order valence-electron chi connectivity index (χ4n) is 4.48. The quantitative estimate of drug-likeness (QED) is 0.405. The molecule has 3 aromatic carbocycles. The van der Waals surface area contributed by atoms with E-state index < -0.39 is 0 Å². The van der Waals surface area contributed by atoms with Gasteiger partial charge in [0, 0.05) is 5.69 Å². The van der Waals surface area contributed by atoms with Gasteiger partial charge in [0.15, 0.2) is 5.82 Å². The predicted octanol–water partition coefficient (Wildman–Crippen LogP) is 3.62. The summed E-state index contributed by atoms with van der Waals surface area (Å²) in [6.07, 6.45) is 0. The number of nitrogens with one attached hydrogen (secondary N) is 2. The second-order valence-corrected chi connectivity index (χ2v) is 8.61. The van der Waals surface area contributed by atoms with Crippen LogP contribution in [-0.4, -0.2) is 45.9 Å². The molecular weight excluding hydrogens is 440 g/mol. The highest BCUT2D eigenvalue weighted by Gasteiger charge is 2.39. The number of aliphatic imine (C=N–C) groups is 1. The molecule has 3 N–H and O–H groups in total.